The van der Waals surface area contributed by atoms with Crippen molar-refractivity contribution >= 4 is 17.6 Å². The van der Waals surface area contributed by atoms with E-state index in [1.807, 2.05) is 11.8 Å². The Morgan fingerprint density at radius 1 is 1.17 bits per heavy atom. The van der Waals surface area contributed by atoms with Crippen LogP contribution in [-0.4, -0.2) is 15.2 Å². The van der Waals surface area contributed by atoms with Crippen LogP contribution >= 0.6 is 11.8 Å². The van der Waals surface area contributed by atoms with Gasteiger partial charge in [-0.25, -0.2) is 15.8 Å². The molecule has 0 amide bonds. The minimum Gasteiger partial charge on any atom is -0.308 e. The number of hydrogen-bond acceptors (Lipinski definition) is 5. The molecule has 5 heteroatoms. The zero-order valence-corrected chi connectivity index (χ0v) is 11.4. The smallest absolute Gasteiger partial charge is 0.147 e. The maximum Gasteiger partial charge on any atom is 0.147 e. The summed E-state index contributed by atoms with van der Waals surface area (Å²) in [7, 11) is 0. The molecule has 18 heavy (non-hydrogen) atoms. The summed E-state index contributed by atoms with van der Waals surface area (Å²) in [5.74, 6) is 8.28. The summed E-state index contributed by atoms with van der Waals surface area (Å²) in [4.78, 5) is 9.25. The number of fused-ring (bicyclic) bond motifs is 1. The first-order chi connectivity index (χ1) is 8.86. The highest BCUT2D eigenvalue weighted by Crippen LogP contribution is 2.32. The lowest BCUT2D eigenvalue weighted by atomic mass is 10.2. The number of hydrazine groups is 1. The van der Waals surface area contributed by atoms with Gasteiger partial charge in [0.2, 0.25) is 0 Å². The Labute approximate surface area is 112 Å². The Bertz CT molecular complexity index is 429. The van der Waals surface area contributed by atoms with E-state index in [-0.39, 0.29) is 0 Å². The Hall–Kier alpha value is -0.810. The number of aromatic nitrogens is 2. The molecule has 0 aliphatic heterocycles. The van der Waals surface area contributed by atoms with Gasteiger partial charge in [-0.2, -0.15) is 11.8 Å². The third kappa shape index (κ3) is 2.47. The van der Waals surface area contributed by atoms with Crippen LogP contribution in [-0.2, 0) is 18.6 Å². The van der Waals surface area contributed by atoms with Crippen LogP contribution in [0, 0.1) is 0 Å². The second kappa shape index (κ2) is 5.45. The lowest BCUT2D eigenvalue weighted by Gasteiger charge is -2.11. The van der Waals surface area contributed by atoms with E-state index in [4.69, 9.17) is 10.8 Å². The summed E-state index contributed by atoms with van der Waals surface area (Å²) < 4.78 is 0. The predicted octanol–water partition coefficient (Wildman–Crippen LogP) is 2.43. The van der Waals surface area contributed by atoms with E-state index in [1.54, 1.807) is 0 Å². The van der Waals surface area contributed by atoms with Crippen LogP contribution in [0.2, 0.25) is 0 Å². The number of rotatable bonds is 4. The molecule has 3 rings (SSSR count). The summed E-state index contributed by atoms with van der Waals surface area (Å²) in [5.41, 5.74) is 5.17. The van der Waals surface area contributed by atoms with Crippen molar-refractivity contribution in [3.63, 3.8) is 0 Å². The number of nitrogens with zero attached hydrogens (tertiary/aromatic N) is 2. The minimum atomic E-state index is 0.816. The largest absolute Gasteiger partial charge is 0.308 e. The van der Waals surface area contributed by atoms with Gasteiger partial charge in [-0.3, -0.25) is 0 Å². The Kier molecular flexibility index (Phi) is 3.70. The van der Waals surface area contributed by atoms with Crippen molar-refractivity contribution < 1.29 is 0 Å². The van der Waals surface area contributed by atoms with Crippen LogP contribution in [0.4, 0.5) is 5.82 Å². The standard InChI is InChI=1S/C13H20N4S/c14-17-13-10-6-3-7-11(10)15-12(16-13)8-18-9-4-1-2-5-9/h9H,1-8,14H2,(H,15,16,17). The van der Waals surface area contributed by atoms with Gasteiger partial charge in [-0.15, -0.1) is 0 Å². The first-order valence-corrected chi connectivity index (χ1v) is 7.88. The van der Waals surface area contributed by atoms with Gasteiger partial charge >= 0.3 is 0 Å². The lowest BCUT2D eigenvalue weighted by molar-refractivity contribution is 0.886. The van der Waals surface area contributed by atoms with Gasteiger partial charge in [-0.1, -0.05) is 12.8 Å². The van der Waals surface area contributed by atoms with Crippen LogP contribution in [0.15, 0.2) is 0 Å². The molecule has 0 atom stereocenters. The third-order valence-electron chi connectivity index (χ3n) is 3.87. The maximum absolute atomic E-state index is 5.56. The number of hydrogen-bond donors (Lipinski definition) is 2. The Morgan fingerprint density at radius 3 is 2.78 bits per heavy atom. The molecule has 1 fully saturated rings. The number of aryl methyl sites for hydroxylation is 1. The first-order valence-electron chi connectivity index (χ1n) is 6.83. The molecule has 4 nitrogen and oxygen atoms in total. The maximum atomic E-state index is 5.56. The topological polar surface area (TPSA) is 63.8 Å². The summed E-state index contributed by atoms with van der Waals surface area (Å²) >= 11 is 2.01. The highest BCUT2D eigenvalue weighted by molar-refractivity contribution is 7.99. The van der Waals surface area contributed by atoms with Crippen molar-refractivity contribution in [1.82, 2.24) is 9.97 Å². The normalized spacial score (nSPS) is 19.2. The predicted molar refractivity (Wildman–Crippen MR) is 75.4 cm³/mol. The van der Waals surface area contributed by atoms with Crippen molar-refractivity contribution in [3.8, 4) is 0 Å². The van der Waals surface area contributed by atoms with Crippen molar-refractivity contribution in [2.24, 2.45) is 5.84 Å². The molecular weight excluding hydrogens is 244 g/mol. The van der Waals surface area contributed by atoms with E-state index in [9.17, 15) is 0 Å². The number of nitrogens with two attached hydrogens (primary N) is 1. The highest BCUT2D eigenvalue weighted by atomic mass is 32.2. The summed E-state index contributed by atoms with van der Waals surface area (Å²) in [6.45, 7) is 0. The molecule has 1 saturated carbocycles. The molecule has 0 radical (unpaired) electrons. The van der Waals surface area contributed by atoms with Crippen molar-refractivity contribution in [3.05, 3.63) is 17.1 Å². The molecule has 98 valence electrons. The highest BCUT2D eigenvalue weighted by Gasteiger charge is 2.20. The monoisotopic (exact) mass is 264 g/mol. The molecule has 0 aromatic carbocycles. The summed E-state index contributed by atoms with van der Waals surface area (Å²) in [6, 6.07) is 0. The van der Waals surface area contributed by atoms with Gasteiger partial charge in [0.1, 0.15) is 11.6 Å². The molecule has 1 heterocycles. The van der Waals surface area contributed by atoms with Crippen molar-refractivity contribution in [2.75, 3.05) is 5.43 Å². The average molecular weight is 264 g/mol. The van der Waals surface area contributed by atoms with Gasteiger partial charge in [-0.05, 0) is 32.1 Å². The molecular formula is C13H20N4S. The minimum absolute atomic E-state index is 0.816. The molecule has 0 bridgehead atoms. The van der Waals surface area contributed by atoms with E-state index in [2.05, 4.69) is 10.4 Å². The SMILES string of the molecule is NNc1nc(CSC2CCCC2)nc2c1CCC2. The fraction of sp³-hybridized carbons (Fsp3) is 0.692. The molecule has 0 saturated heterocycles. The zero-order chi connectivity index (χ0) is 12.4. The number of nitrogens with one attached hydrogen (secondary N) is 1. The molecule has 2 aliphatic rings. The zero-order valence-electron chi connectivity index (χ0n) is 10.6. The van der Waals surface area contributed by atoms with E-state index in [1.165, 1.54) is 43.4 Å². The molecule has 0 spiro atoms. The van der Waals surface area contributed by atoms with E-state index < -0.39 is 0 Å². The fourth-order valence-corrected chi connectivity index (χ4v) is 4.10. The molecule has 1 aromatic heterocycles. The van der Waals surface area contributed by atoms with Gasteiger partial charge in [0, 0.05) is 16.5 Å². The number of anilines is 1. The first kappa shape index (κ1) is 12.2. The van der Waals surface area contributed by atoms with Crippen LogP contribution < -0.4 is 11.3 Å². The van der Waals surface area contributed by atoms with Gasteiger partial charge < -0.3 is 5.43 Å². The lowest BCUT2D eigenvalue weighted by Crippen LogP contribution is -2.13. The number of thioether (sulfide) groups is 1. The second-order valence-electron chi connectivity index (χ2n) is 5.13. The van der Waals surface area contributed by atoms with Gasteiger partial charge in [0.15, 0.2) is 0 Å². The second-order valence-corrected chi connectivity index (χ2v) is 6.42. The van der Waals surface area contributed by atoms with E-state index in [0.717, 1.165) is 35.5 Å². The number of nitrogen functional groups attached to an aromatic ring is 1. The van der Waals surface area contributed by atoms with Crippen LogP contribution in [0.1, 0.15) is 49.2 Å². The van der Waals surface area contributed by atoms with Gasteiger partial charge in [0.05, 0.1) is 5.75 Å². The van der Waals surface area contributed by atoms with Crippen LogP contribution in [0.25, 0.3) is 0 Å². The quantitative estimate of drug-likeness (QED) is 0.646. The van der Waals surface area contributed by atoms with E-state index in [0.29, 0.717) is 0 Å². The van der Waals surface area contributed by atoms with Gasteiger partial charge in [0.25, 0.3) is 0 Å². The average Bonchev–Trinajstić information content (AvgIpc) is 3.06. The van der Waals surface area contributed by atoms with Crippen LogP contribution in [0.5, 0.6) is 0 Å². The van der Waals surface area contributed by atoms with E-state index >= 15 is 0 Å². The third-order valence-corrected chi connectivity index (χ3v) is 5.23. The molecule has 2 aliphatic carbocycles. The van der Waals surface area contributed by atoms with Crippen LogP contribution in [0.3, 0.4) is 0 Å². The fourth-order valence-electron chi connectivity index (χ4n) is 2.91. The Morgan fingerprint density at radius 2 is 2.00 bits per heavy atom. The molecule has 3 N–H and O–H groups in total. The summed E-state index contributed by atoms with van der Waals surface area (Å²) in [5, 5.41) is 0.816. The summed E-state index contributed by atoms with van der Waals surface area (Å²) in [6.07, 6.45) is 8.81. The molecule has 1 aromatic rings. The Balaban J connectivity index is 1.71. The van der Waals surface area contributed by atoms with Crippen molar-refractivity contribution in [2.45, 2.75) is 55.9 Å². The van der Waals surface area contributed by atoms with Crippen molar-refractivity contribution in [1.29, 1.82) is 0 Å². The molecule has 0 unspecified atom stereocenters.